The summed E-state index contributed by atoms with van der Waals surface area (Å²) in [6.07, 6.45) is 4.67. The van der Waals surface area contributed by atoms with Crippen LogP contribution in [0.1, 0.15) is 31.5 Å². The van der Waals surface area contributed by atoms with Gasteiger partial charge in [0.15, 0.2) is 0 Å². The van der Waals surface area contributed by atoms with Gasteiger partial charge in [-0.3, -0.25) is 4.79 Å². The summed E-state index contributed by atoms with van der Waals surface area (Å²) in [6, 6.07) is 8.40. The number of hydrogen-bond donors (Lipinski definition) is 3. The first-order chi connectivity index (χ1) is 10.3. The Balaban J connectivity index is 1.38. The largest absolute Gasteiger partial charge is 0.356 e. The highest BCUT2D eigenvalue weighted by atomic mass is 16.1. The first-order valence-corrected chi connectivity index (χ1v) is 7.75. The third kappa shape index (κ3) is 3.82. The molecule has 0 spiro atoms. The van der Waals surface area contributed by atoms with E-state index in [1.54, 1.807) is 0 Å². The van der Waals surface area contributed by atoms with Crippen LogP contribution in [0.4, 0.5) is 0 Å². The van der Waals surface area contributed by atoms with Crippen molar-refractivity contribution in [1.29, 1.82) is 0 Å². The number of nitrogens with one attached hydrogen (secondary N) is 3. The first-order valence-electron chi connectivity index (χ1n) is 7.75. The molecule has 21 heavy (non-hydrogen) atoms. The lowest BCUT2D eigenvalue weighted by molar-refractivity contribution is -0.121. The van der Waals surface area contributed by atoms with Crippen molar-refractivity contribution in [1.82, 2.24) is 20.6 Å². The van der Waals surface area contributed by atoms with Crippen molar-refractivity contribution in [3.05, 3.63) is 30.1 Å². The van der Waals surface area contributed by atoms with Crippen molar-refractivity contribution in [3.63, 3.8) is 0 Å². The second-order valence-corrected chi connectivity index (χ2v) is 5.65. The number of carbonyl (C=O) groups is 1. The minimum absolute atomic E-state index is 0.152. The van der Waals surface area contributed by atoms with Crippen molar-refractivity contribution >= 4 is 16.9 Å². The van der Waals surface area contributed by atoms with Crippen LogP contribution in [0.5, 0.6) is 0 Å². The Morgan fingerprint density at radius 3 is 3.10 bits per heavy atom. The van der Waals surface area contributed by atoms with Crippen LogP contribution in [0.2, 0.25) is 0 Å². The number of fused-ring (bicyclic) bond motifs is 1. The van der Waals surface area contributed by atoms with E-state index in [2.05, 4.69) is 20.6 Å². The van der Waals surface area contributed by atoms with Gasteiger partial charge in [-0.1, -0.05) is 12.1 Å². The zero-order chi connectivity index (χ0) is 14.5. The molecule has 1 fully saturated rings. The molecule has 1 atom stereocenters. The fourth-order valence-electron chi connectivity index (χ4n) is 2.83. The highest BCUT2D eigenvalue weighted by molar-refractivity contribution is 5.76. The van der Waals surface area contributed by atoms with Gasteiger partial charge in [0.1, 0.15) is 5.82 Å². The quantitative estimate of drug-likeness (QED) is 0.709. The Morgan fingerprint density at radius 2 is 2.29 bits per heavy atom. The number of imidazole rings is 1. The molecule has 0 bridgehead atoms. The molecule has 3 N–H and O–H groups in total. The summed E-state index contributed by atoms with van der Waals surface area (Å²) in [5.41, 5.74) is 2.08. The van der Waals surface area contributed by atoms with Crippen molar-refractivity contribution < 1.29 is 4.79 Å². The van der Waals surface area contributed by atoms with Crippen LogP contribution >= 0.6 is 0 Å². The van der Waals surface area contributed by atoms with Crippen molar-refractivity contribution in [3.8, 4) is 0 Å². The van der Waals surface area contributed by atoms with Gasteiger partial charge >= 0.3 is 0 Å². The summed E-state index contributed by atoms with van der Waals surface area (Å²) in [4.78, 5) is 19.6. The summed E-state index contributed by atoms with van der Waals surface area (Å²) in [7, 11) is 0. The van der Waals surface area contributed by atoms with Gasteiger partial charge < -0.3 is 15.6 Å². The molecule has 0 radical (unpaired) electrons. The molecule has 5 nitrogen and oxygen atoms in total. The van der Waals surface area contributed by atoms with Crippen molar-refractivity contribution in [2.24, 2.45) is 0 Å². The van der Waals surface area contributed by atoms with E-state index in [0.717, 1.165) is 42.7 Å². The molecule has 0 aliphatic carbocycles. The highest BCUT2D eigenvalue weighted by Crippen LogP contribution is 2.11. The second kappa shape index (κ2) is 6.72. The van der Waals surface area contributed by atoms with Crippen molar-refractivity contribution in [2.45, 2.75) is 38.1 Å². The number of aromatic amines is 1. The number of hydrogen-bond acceptors (Lipinski definition) is 3. The summed E-state index contributed by atoms with van der Waals surface area (Å²) in [5, 5.41) is 6.34. The molecule has 1 aromatic carbocycles. The molecule has 2 aromatic rings. The van der Waals surface area contributed by atoms with E-state index in [4.69, 9.17) is 0 Å². The third-order valence-corrected chi connectivity index (χ3v) is 3.95. The molecule has 1 aromatic heterocycles. The van der Waals surface area contributed by atoms with Crippen LogP contribution in [-0.4, -0.2) is 35.0 Å². The lowest BCUT2D eigenvalue weighted by atomic mass is 10.1. The molecule has 1 amide bonds. The molecule has 3 rings (SSSR count). The maximum absolute atomic E-state index is 11.8. The van der Waals surface area contributed by atoms with E-state index in [0.29, 0.717) is 19.0 Å². The maximum atomic E-state index is 11.8. The molecule has 112 valence electrons. The van der Waals surface area contributed by atoms with Crippen LogP contribution in [-0.2, 0) is 11.2 Å². The lowest BCUT2D eigenvalue weighted by Gasteiger charge is -2.09. The molecular weight excluding hydrogens is 264 g/mol. The fraction of sp³-hybridized carbons (Fsp3) is 0.500. The number of nitrogens with zero attached hydrogens (tertiary/aromatic N) is 1. The Kier molecular flexibility index (Phi) is 4.50. The topological polar surface area (TPSA) is 69.8 Å². The van der Waals surface area contributed by atoms with Crippen LogP contribution in [0.3, 0.4) is 0 Å². The summed E-state index contributed by atoms with van der Waals surface area (Å²) < 4.78 is 0. The number of benzene rings is 1. The highest BCUT2D eigenvalue weighted by Gasteiger charge is 2.17. The monoisotopic (exact) mass is 286 g/mol. The van der Waals surface area contributed by atoms with E-state index < -0.39 is 0 Å². The number of carbonyl (C=O) groups excluding carboxylic acids is 1. The number of aromatic nitrogens is 2. The van der Waals surface area contributed by atoms with E-state index in [-0.39, 0.29) is 5.91 Å². The Bertz CT molecular complexity index is 568. The SMILES string of the molecule is O=C(CC1CCCN1)NCCCc1nc2ccccc2[nH]1. The smallest absolute Gasteiger partial charge is 0.221 e. The first kappa shape index (κ1) is 14.1. The standard InChI is InChI=1S/C16H22N4O/c21-16(11-12-5-3-9-17-12)18-10-4-8-15-19-13-6-1-2-7-14(13)20-15/h1-2,6-7,12,17H,3-5,8-11H2,(H,18,21)(H,19,20). The molecular formula is C16H22N4O. The van der Waals surface area contributed by atoms with Gasteiger partial charge in [0.05, 0.1) is 11.0 Å². The second-order valence-electron chi connectivity index (χ2n) is 5.65. The number of amides is 1. The van der Waals surface area contributed by atoms with Crippen LogP contribution < -0.4 is 10.6 Å². The summed E-state index contributed by atoms with van der Waals surface area (Å²) in [5.74, 6) is 1.14. The fourth-order valence-corrected chi connectivity index (χ4v) is 2.83. The molecule has 2 heterocycles. The summed E-state index contributed by atoms with van der Waals surface area (Å²) >= 11 is 0. The van der Waals surface area contributed by atoms with Gasteiger partial charge in [0, 0.05) is 25.4 Å². The number of rotatable bonds is 6. The Labute approximate surface area is 124 Å². The minimum atomic E-state index is 0.152. The molecule has 0 saturated carbocycles. The van der Waals surface area contributed by atoms with E-state index >= 15 is 0 Å². The van der Waals surface area contributed by atoms with Crippen LogP contribution in [0, 0.1) is 0 Å². The van der Waals surface area contributed by atoms with Crippen LogP contribution in [0.15, 0.2) is 24.3 Å². The molecule has 1 aliphatic rings. The predicted octanol–water partition coefficient (Wildman–Crippen LogP) is 1.75. The third-order valence-electron chi connectivity index (χ3n) is 3.95. The van der Waals surface area contributed by atoms with Gasteiger partial charge in [0.2, 0.25) is 5.91 Å². The average Bonchev–Trinajstić information content (AvgIpc) is 3.12. The average molecular weight is 286 g/mol. The van der Waals surface area contributed by atoms with Crippen LogP contribution in [0.25, 0.3) is 11.0 Å². The van der Waals surface area contributed by atoms with E-state index in [9.17, 15) is 4.79 Å². The zero-order valence-electron chi connectivity index (χ0n) is 12.2. The number of aryl methyl sites for hydroxylation is 1. The summed E-state index contributed by atoms with van der Waals surface area (Å²) in [6.45, 7) is 1.76. The molecule has 1 unspecified atom stereocenters. The zero-order valence-corrected chi connectivity index (χ0v) is 12.2. The Hall–Kier alpha value is -1.88. The van der Waals surface area contributed by atoms with Gasteiger partial charge in [-0.2, -0.15) is 0 Å². The van der Waals surface area contributed by atoms with Gasteiger partial charge in [-0.15, -0.1) is 0 Å². The van der Waals surface area contributed by atoms with Crippen molar-refractivity contribution in [2.75, 3.05) is 13.1 Å². The predicted molar refractivity (Wildman–Crippen MR) is 83.1 cm³/mol. The minimum Gasteiger partial charge on any atom is -0.356 e. The van der Waals surface area contributed by atoms with E-state index in [1.807, 2.05) is 24.3 Å². The van der Waals surface area contributed by atoms with Gasteiger partial charge in [-0.25, -0.2) is 4.98 Å². The lowest BCUT2D eigenvalue weighted by Crippen LogP contribution is -2.32. The number of H-pyrrole nitrogens is 1. The Morgan fingerprint density at radius 1 is 1.38 bits per heavy atom. The molecule has 1 aliphatic heterocycles. The van der Waals surface area contributed by atoms with Gasteiger partial charge in [0.25, 0.3) is 0 Å². The normalized spacial score (nSPS) is 18.2. The maximum Gasteiger partial charge on any atom is 0.221 e. The number of para-hydroxylation sites is 2. The van der Waals surface area contributed by atoms with E-state index in [1.165, 1.54) is 6.42 Å². The molecule has 5 heteroatoms. The van der Waals surface area contributed by atoms with Gasteiger partial charge in [-0.05, 0) is 37.9 Å². The molecule has 1 saturated heterocycles.